The number of hydrogen-bond donors (Lipinski definition) is 1. The Hall–Kier alpha value is -3.39. The van der Waals surface area contributed by atoms with E-state index in [1.54, 1.807) is 7.11 Å². The van der Waals surface area contributed by atoms with E-state index in [0.29, 0.717) is 29.1 Å². The monoisotopic (exact) mass is 560 g/mol. The highest BCUT2D eigenvalue weighted by Crippen LogP contribution is 2.45. The topological polar surface area (TPSA) is 51.6 Å². The van der Waals surface area contributed by atoms with Crippen molar-refractivity contribution in [2.45, 2.75) is 39.8 Å². The molecule has 1 N–H and O–H groups in total. The summed E-state index contributed by atoms with van der Waals surface area (Å²) in [7, 11) is 1.64. The quantitative estimate of drug-likeness (QED) is 0.186. The maximum atomic E-state index is 6.68. The molecule has 8 heteroatoms. The van der Waals surface area contributed by atoms with Gasteiger partial charge in [-0.15, -0.1) is 0 Å². The van der Waals surface area contributed by atoms with E-state index in [-0.39, 0.29) is 12.1 Å². The van der Waals surface area contributed by atoms with Gasteiger partial charge in [0.1, 0.15) is 12.4 Å². The molecule has 4 aromatic rings. The number of aromatic nitrogens is 2. The Morgan fingerprint density at radius 2 is 1.82 bits per heavy atom. The fourth-order valence-corrected chi connectivity index (χ4v) is 5.93. The molecule has 202 valence electrons. The zero-order valence-electron chi connectivity index (χ0n) is 22.9. The zero-order chi connectivity index (χ0) is 27.7. The van der Waals surface area contributed by atoms with Crippen molar-refractivity contribution in [3.8, 4) is 11.4 Å². The van der Waals surface area contributed by atoms with Gasteiger partial charge in [0, 0.05) is 36.1 Å². The Labute approximate surface area is 240 Å². The van der Waals surface area contributed by atoms with Crippen LogP contribution in [0.5, 0.6) is 5.75 Å². The molecule has 1 saturated heterocycles. The van der Waals surface area contributed by atoms with Crippen molar-refractivity contribution in [1.82, 2.24) is 14.9 Å². The van der Waals surface area contributed by atoms with Gasteiger partial charge in [0.25, 0.3) is 0 Å². The number of hydrogen-bond acceptors (Lipinski definition) is 4. The van der Waals surface area contributed by atoms with Crippen LogP contribution < -0.4 is 15.0 Å². The Bertz CT molecular complexity index is 1500. The smallest absolute Gasteiger partial charge is 0.174 e. The summed E-state index contributed by atoms with van der Waals surface area (Å²) >= 11 is 12.6. The Balaban J connectivity index is 1.62. The fraction of sp³-hybridized carbons (Fsp3) is 0.290. The van der Waals surface area contributed by atoms with Crippen LogP contribution in [-0.2, 0) is 4.74 Å². The first-order chi connectivity index (χ1) is 18.8. The molecular weight excluding hydrogens is 528 g/mol. The van der Waals surface area contributed by atoms with E-state index in [4.69, 9.17) is 38.3 Å². The third kappa shape index (κ3) is 5.26. The second kappa shape index (κ2) is 11.4. The number of methoxy groups -OCH3 is 1. The predicted molar refractivity (Wildman–Crippen MR) is 161 cm³/mol. The summed E-state index contributed by atoms with van der Waals surface area (Å²) in [6.45, 7) is 9.53. The van der Waals surface area contributed by atoms with Gasteiger partial charge in [0.2, 0.25) is 0 Å². The number of anilines is 1. The molecule has 1 aliphatic heterocycles. The number of nitrogens with one attached hydrogen (secondary N) is 1. The van der Waals surface area contributed by atoms with Crippen molar-refractivity contribution in [1.29, 1.82) is 0 Å². The Morgan fingerprint density at radius 1 is 1.00 bits per heavy atom. The second-order valence-electron chi connectivity index (χ2n) is 9.90. The van der Waals surface area contributed by atoms with E-state index in [2.05, 4.69) is 66.7 Å². The van der Waals surface area contributed by atoms with Gasteiger partial charge < -0.3 is 24.3 Å². The highest BCUT2D eigenvalue weighted by atomic mass is 35.5. The van der Waals surface area contributed by atoms with Crippen LogP contribution in [0.3, 0.4) is 0 Å². The minimum absolute atomic E-state index is 0.145. The first kappa shape index (κ1) is 27.2. The number of thiocarbonyl (C=S) groups is 1. The number of nitrogens with zero attached hydrogens (tertiary/aromatic N) is 3. The van der Waals surface area contributed by atoms with Crippen LogP contribution in [0, 0.1) is 27.7 Å². The maximum Gasteiger partial charge on any atom is 0.174 e. The molecule has 2 atom stereocenters. The van der Waals surface area contributed by atoms with Crippen LogP contribution in [0.2, 0.25) is 5.02 Å². The first-order valence-corrected chi connectivity index (χ1v) is 13.8. The summed E-state index contributed by atoms with van der Waals surface area (Å²) in [4.78, 5) is 6.85. The lowest BCUT2D eigenvalue weighted by Crippen LogP contribution is -2.29. The van der Waals surface area contributed by atoms with Gasteiger partial charge in [-0.2, -0.15) is 0 Å². The average molecular weight is 561 g/mol. The molecule has 2 aromatic carbocycles. The molecule has 0 bridgehead atoms. The Kier molecular flexibility index (Phi) is 7.93. The SMILES string of the molecule is COCCOc1ccc(N2C(=S)NC(c3ccccn3)C2c2cc(C)n(-c3cc(C)ccc3C)c2C)cc1Cl. The van der Waals surface area contributed by atoms with Crippen LogP contribution in [0.25, 0.3) is 5.69 Å². The fourth-order valence-electron chi connectivity index (χ4n) is 5.36. The number of halogens is 1. The van der Waals surface area contributed by atoms with Gasteiger partial charge in [-0.3, -0.25) is 4.98 Å². The van der Waals surface area contributed by atoms with Gasteiger partial charge in [-0.05, 0) is 99.1 Å². The molecule has 39 heavy (non-hydrogen) atoms. The lowest BCUT2D eigenvalue weighted by Gasteiger charge is -2.28. The number of rotatable bonds is 8. The van der Waals surface area contributed by atoms with Gasteiger partial charge in [-0.25, -0.2) is 0 Å². The minimum atomic E-state index is -0.150. The van der Waals surface area contributed by atoms with Crippen molar-refractivity contribution in [2.75, 3.05) is 25.2 Å². The molecule has 0 radical (unpaired) electrons. The number of pyridine rings is 1. The van der Waals surface area contributed by atoms with E-state index in [0.717, 1.165) is 22.8 Å². The predicted octanol–water partition coefficient (Wildman–Crippen LogP) is 6.96. The largest absolute Gasteiger partial charge is 0.490 e. The standard InChI is InChI=1S/C31H33ClN4O2S/c1-19-9-10-20(2)27(16-19)35-21(3)17-24(22(35)4)30-29(26-8-6-7-13-33-26)34-31(39)36(30)23-11-12-28(25(32)18-23)38-15-14-37-5/h6-13,16-18,29-30H,14-15H2,1-5H3,(H,34,39). The molecule has 0 amide bonds. The van der Waals surface area contributed by atoms with E-state index in [9.17, 15) is 0 Å². The normalized spacial score (nSPS) is 17.0. The van der Waals surface area contributed by atoms with Crippen LogP contribution >= 0.6 is 23.8 Å². The number of benzene rings is 2. The number of aryl methyl sites for hydroxylation is 3. The highest BCUT2D eigenvalue weighted by molar-refractivity contribution is 7.80. The van der Waals surface area contributed by atoms with Crippen molar-refractivity contribution in [3.05, 3.63) is 106 Å². The summed E-state index contributed by atoms with van der Waals surface area (Å²) in [6, 6.07) is 20.3. The third-order valence-electron chi connectivity index (χ3n) is 7.23. The summed E-state index contributed by atoms with van der Waals surface area (Å²) < 4.78 is 13.2. The van der Waals surface area contributed by atoms with E-state index in [1.807, 2.05) is 42.6 Å². The van der Waals surface area contributed by atoms with Crippen molar-refractivity contribution in [3.63, 3.8) is 0 Å². The van der Waals surface area contributed by atoms with Crippen molar-refractivity contribution in [2.24, 2.45) is 0 Å². The van der Waals surface area contributed by atoms with Crippen LogP contribution in [0.1, 0.15) is 45.9 Å². The summed E-state index contributed by atoms with van der Waals surface area (Å²) in [5.41, 5.74) is 8.94. The summed E-state index contributed by atoms with van der Waals surface area (Å²) in [5.74, 6) is 0.612. The molecule has 1 aliphatic rings. The molecule has 0 saturated carbocycles. The Morgan fingerprint density at radius 3 is 2.54 bits per heavy atom. The maximum absolute atomic E-state index is 6.68. The van der Waals surface area contributed by atoms with E-state index >= 15 is 0 Å². The van der Waals surface area contributed by atoms with Crippen LogP contribution in [-0.4, -0.2) is 35.0 Å². The first-order valence-electron chi connectivity index (χ1n) is 13.0. The number of ether oxygens (including phenoxy) is 2. The second-order valence-corrected chi connectivity index (χ2v) is 10.7. The average Bonchev–Trinajstić information content (AvgIpc) is 3.42. The van der Waals surface area contributed by atoms with Gasteiger partial charge in [0.15, 0.2) is 5.11 Å². The van der Waals surface area contributed by atoms with Gasteiger partial charge >= 0.3 is 0 Å². The summed E-state index contributed by atoms with van der Waals surface area (Å²) in [6.07, 6.45) is 1.82. The van der Waals surface area contributed by atoms with Gasteiger partial charge in [-0.1, -0.05) is 29.8 Å². The van der Waals surface area contributed by atoms with Crippen molar-refractivity contribution < 1.29 is 9.47 Å². The van der Waals surface area contributed by atoms with Crippen molar-refractivity contribution >= 4 is 34.6 Å². The highest BCUT2D eigenvalue weighted by Gasteiger charge is 2.42. The molecule has 3 heterocycles. The molecule has 0 aliphatic carbocycles. The lowest BCUT2D eigenvalue weighted by molar-refractivity contribution is 0.146. The molecule has 5 rings (SSSR count). The van der Waals surface area contributed by atoms with E-state index in [1.165, 1.54) is 22.4 Å². The molecule has 1 fully saturated rings. The van der Waals surface area contributed by atoms with Crippen LogP contribution in [0.4, 0.5) is 5.69 Å². The van der Waals surface area contributed by atoms with Crippen LogP contribution in [0.15, 0.2) is 66.9 Å². The molecule has 2 unspecified atom stereocenters. The zero-order valence-corrected chi connectivity index (χ0v) is 24.4. The summed E-state index contributed by atoms with van der Waals surface area (Å²) in [5, 5.41) is 4.70. The third-order valence-corrected chi connectivity index (χ3v) is 7.84. The van der Waals surface area contributed by atoms with Gasteiger partial charge in [0.05, 0.1) is 29.4 Å². The minimum Gasteiger partial charge on any atom is -0.490 e. The lowest BCUT2D eigenvalue weighted by atomic mass is 9.96. The molecule has 2 aromatic heterocycles. The van der Waals surface area contributed by atoms with E-state index < -0.39 is 0 Å². The molecule has 6 nitrogen and oxygen atoms in total. The molecule has 0 spiro atoms. The molecular formula is C31H33ClN4O2S.